The fourth-order valence-electron chi connectivity index (χ4n) is 8.99. The van der Waals surface area contributed by atoms with Crippen LogP contribution in [0.3, 0.4) is 0 Å². The second kappa shape index (κ2) is 8.75. The molecule has 3 heterocycles. The van der Waals surface area contributed by atoms with Crippen molar-refractivity contribution in [2.24, 2.45) is 35.0 Å². The van der Waals surface area contributed by atoms with Crippen molar-refractivity contribution in [1.29, 1.82) is 0 Å². The van der Waals surface area contributed by atoms with Gasteiger partial charge in [0.1, 0.15) is 29.8 Å². The second-order valence-electron chi connectivity index (χ2n) is 13.3. The number of rotatable bonds is 6. The first-order valence-electron chi connectivity index (χ1n) is 14.3. The van der Waals surface area contributed by atoms with Crippen LogP contribution in [0.25, 0.3) is 0 Å². The third kappa shape index (κ3) is 3.87. The number of fused-ring (bicyclic) bond motifs is 1. The maximum Gasteiger partial charge on any atom is 0.318 e. The molecule has 10 nitrogen and oxygen atoms in total. The van der Waals surface area contributed by atoms with Crippen molar-refractivity contribution in [2.75, 3.05) is 0 Å². The first-order chi connectivity index (χ1) is 18.8. The molecule has 0 aromatic heterocycles. The van der Waals surface area contributed by atoms with Crippen LogP contribution >= 0.6 is 0 Å². The van der Waals surface area contributed by atoms with Crippen molar-refractivity contribution in [3.8, 4) is 5.75 Å². The van der Waals surface area contributed by atoms with Gasteiger partial charge >= 0.3 is 17.9 Å². The van der Waals surface area contributed by atoms with Crippen molar-refractivity contribution in [3.63, 3.8) is 0 Å². The molecule has 0 radical (unpaired) electrons. The monoisotopic (exact) mass is 574 g/mol. The molecule has 0 spiro atoms. The number of carbonyl (C=O) groups excluding carboxylic acids is 3. The Hall–Kier alpha value is -2.50. The summed E-state index contributed by atoms with van der Waals surface area (Å²) >= 11 is 0. The van der Waals surface area contributed by atoms with E-state index in [4.69, 9.17) is 18.9 Å². The lowest BCUT2D eigenvalue weighted by molar-refractivity contribution is -0.185. The Kier molecular flexibility index (Phi) is 5.78. The first-order valence-corrected chi connectivity index (χ1v) is 15.7. The van der Waals surface area contributed by atoms with E-state index < -0.39 is 63.7 Å². The topological polar surface area (TPSA) is 143 Å². The van der Waals surface area contributed by atoms with E-state index in [9.17, 15) is 27.4 Å². The molecule has 4 aliphatic carbocycles. The van der Waals surface area contributed by atoms with Gasteiger partial charge in [0.25, 0.3) is 10.1 Å². The van der Waals surface area contributed by atoms with E-state index in [2.05, 4.69) is 0 Å². The largest absolute Gasteiger partial charge is 0.455 e. The Morgan fingerprint density at radius 3 is 2.23 bits per heavy atom. The van der Waals surface area contributed by atoms with E-state index in [1.807, 2.05) is 0 Å². The minimum atomic E-state index is -4.49. The summed E-state index contributed by atoms with van der Waals surface area (Å²) in [4.78, 5) is 39.9. The Morgan fingerprint density at radius 1 is 1.02 bits per heavy atom. The van der Waals surface area contributed by atoms with Gasteiger partial charge in [0.05, 0.1) is 10.3 Å². The average Bonchev–Trinajstić information content (AvgIpc) is 3.47. The lowest BCUT2D eigenvalue weighted by atomic mass is 9.49. The molecule has 3 saturated heterocycles. The first kappa shape index (κ1) is 26.4. The predicted molar refractivity (Wildman–Crippen MR) is 137 cm³/mol. The molecule has 40 heavy (non-hydrogen) atoms. The fourth-order valence-corrected chi connectivity index (χ4v) is 9.90. The van der Waals surface area contributed by atoms with Gasteiger partial charge in [-0.05, 0) is 92.4 Å². The van der Waals surface area contributed by atoms with Crippen molar-refractivity contribution in [2.45, 2.75) is 94.5 Å². The van der Waals surface area contributed by atoms with Gasteiger partial charge in [-0.25, -0.2) is 0 Å². The molecule has 0 amide bonds. The zero-order valence-electron chi connectivity index (χ0n) is 22.7. The highest BCUT2D eigenvalue weighted by molar-refractivity contribution is 7.85. The fraction of sp³-hybridized carbons (Fsp3) is 0.690. The van der Waals surface area contributed by atoms with Crippen LogP contribution in [0.1, 0.15) is 69.4 Å². The average molecular weight is 575 g/mol. The van der Waals surface area contributed by atoms with Crippen LogP contribution in [-0.2, 0) is 38.7 Å². The van der Waals surface area contributed by atoms with Gasteiger partial charge in [-0.2, -0.15) is 8.42 Å². The Labute approximate surface area is 232 Å². The van der Waals surface area contributed by atoms with E-state index in [0.29, 0.717) is 28.9 Å². The molecule has 6 unspecified atom stereocenters. The van der Waals surface area contributed by atoms with Gasteiger partial charge in [0, 0.05) is 0 Å². The van der Waals surface area contributed by atoms with E-state index in [1.165, 1.54) is 31.4 Å². The number of esters is 3. The lowest BCUT2D eigenvalue weighted by Crippen LogP contribution is -2.54. The number of carbonyl (C=O) groups is 3. The summed E-state index contributed by atoms with van der Waals surface area (Å²) in [7, 11) is -4.49. The van der Waals surface area contributed by atoms with Crippen LogP contribution in [-0.4, -0.2) is 55.3 Å². The molecule has 3 aliphatic heterocycles. The van der Waals surface area contributed by atoms with Crippen molar-refractivity contribution in [3.05, 3.63) is 23.3 Å². The standard InChI is InChI=1S/C29H34O10S/c1-12(2)17-8-18(13(3)4-19(17)40(33,34)35)36-26(30)20-21-22-24(38-27(21)31)25(23(20)37-22)39-28(32)29-9-14-5-15(10-29)7-16(6-14)11-29/h4,8,12,14-16,20-25H,5-7,9-11H2,1-3H3,(H,33,34,35). The molecule has 4 saturated carbocycles. The van der Waals surface area contributed by atoms with E-state index in [-0.39, 0.29) is 22.5 Å². The van der Waals surface area contributed by atoms with Gasteiger partial charge in [-0.15, -0.1) is 0 Å². The van der Waals surface area contributed by atoms with Crippen LogP contribution < -0.4 is 4.74 Å². The highest BCUT2D eigenvalue weighted by Crippen LogP contribution is 2.61. The number of aryl methyl sites for hydroxylation is 1. The van der Waals surface area contributed by atoms with Gasteiger partial charge in [0.2, 0.25) is 0 Å². The summed E-state index contributed by atoms with van der Waals surface area (Å²) < 4.78 is 57.0. The SMILES string of the molecule is Cc1cc(S(=O)(=O)O)c(C(C)C)cc1OC(=O)C1C2OC3C(OC(=O)C31)C2OC(=O)C12CC3CC(CC(C3)C1)C2. The quantitative estimate of drug-likeness (QED) is 0.305. The molecule has 6 bridgehead atoms. The smallest absolute Gasteiger partial charge is 0.318 e. The van der Waals surface area contributed by atoms with Crippen LogP contribution in [0.2, 0.25) is 0 Å². The van der Waals surface area contributed by atoms with Crippen molar-refractivity contribution >= 4 is 28.0 Å². The minimum Gasteiger partial charge on any atom is -0.455 e. The molecule has 216 valence electrons. The van der Waals surface area contributed by atoms with Gasteiger partial charge < -0.3 is 18.9 Å². The number of ether oxygens (including phenoxy) is 4. The van der Waals surface area contributed by atoms with Gasteiger partial charge in [-0.1, -0.05) is 13.8 Å². The zero-order valence-corrected chi connectivity index (χ0v) is 23.5. The maximum atomic E-state index is 13.7. The lowest BCUT2D eigenvalue weighted by Gasteiger charge is -2.55. The molecule has 6 atom stereocenters. The van der Waals surface area contributed by atoms with Crippen molar-refractivity contribution < 1.29 is 46.3 Å². The molecule has 1 aromatic rings. The Balaban J connectivity index is 1.14. The van der Waals surface area contributed by atoms with Crippen LogP contribution in [0.15, 0.2) is 17.0 Å². The van der Waals surface area contributed by atoms with Crippen LogP contribution in [0, 0.1) is 41.9 Å². The summed E-state index contributed by atoms with van der Waals surface area (Å²) in [6.07, 6.45) is 2.83. The van der Waals surface area contributed by atoms with E-state index >= 15 is 0 Å². The molecule has 7 aliphatic rings. The molecule has 1 aromatic carbocycles. The number of hydrogen-bond donors (Lipinski definition) is 1. The molecular weight excluding hydrogens is 540 g/mol. The van der Waals surface area contributed by atoms with Gasteiger partial charge in [-0.3, -0.25) is 18.9 Å². The zero-order chi connectivity index (χ0) is 28.3. The predicted octanol–water partition coefficient (Wildman–Crippen LogP) is 3.34. The molecule has 7 fully saturated rings. The summed E-state index contributed by atoms with van der Waals surface area (Å²) in [6, 6.07) is 2.69. The number of hydrogen-bond acceptors (Lipinski definition) is 9. The van der Waals surface area contributed by atoms with Crippen LogP contribution in [0.5, 0.6) is 5.75 Å². The maximum absolute atomic E-state index is 13.7. The molecule has 1 N–H and O–H groups in total. The number of benzene rings is 1. The summed E-state index contributed by atoms with van der Waals surface area (Å²) in [5, 5.41) is 0. The summed E-state index contributed by atoms with van der Waals surface area (Å²) in [5.41, 5.74) is 0.113. The Morgan fingerprint density at radius 2 is 1.65 bits per heavy atom. The molecule has 8 rings (SSSR count). The molecular formula is C29H34O10S. The van der Waals surface area contributed by atoms with E-state index in [1.54, 1.807) is 20.8 Å². The summed E-state index contributed by atoms with van der Waals surface area (Å²) in [6.45, 7) is 5.08. The summed E-state index contributed by atoms with van der Waals surface area (Å²) in [5.74, 6) is -1.98. The highest BCUT2D eigenvalue weighted by Gasteiger charge is 2.72. The van der Waals surface area contributed by atoms with Crippen LogP contribution in [0.4, 0.5) is 0 Å². The van der Waals surface area contributed by atoms with Gasteiger partial charge in [0.15, 0.2) is 12.2 Å². The van der Waals surface area contributed by atoms with Crippen molar-refractivity contribution in [1.82, 2.24) is 0 Å². The molecule has 11 heteroatoms. The second-order valence-corrected chi connectivity index (χ2v) is 14.7. The third-order valence-electron chi connectivity index (χ3n) is 10.3. The normalized spacial score (nSPS) is 40.5. The van der Waals surface area contributed by atoms with E-state index in [0.717, 1.165) is 19.3 Å². The highest BCUT2D eigenvalue weighted by atomic mass is 32.2. The Bertz CT molecular complexity index is 1380. The third-order valence-corrected chi connectivity index (χ3v) is 11.2. The minimum absolute atomic E-state index is 0.119.